The molecule has 138 valence electrons. The molecule has 0 fully saturated rings. The lowest BCUT2D eigenvalue weighted by atomic mass is 10.1. The fourth-order valence-corrected chi connectivity index (χ4v) is 5.81. The van der Waals surface area contributed by atoms with Gasteiger partial charge in [0.25, 0.3) is 10.0 Å². The minimum atomic E-state index is -3.67. The zero-order chi connectivity index (χ0) is 19.0. The van der Waals surface area contributed by atoms with Crippen molar-refractivity contribution in [2.75, 3.05) is 17.5 Å². The molecule has 0 spiro atoms. The predicted molar refractivity (Wildman–Crippen MR) is 103 cm³/mol. The topological polar surface area (TPSA) is 83.5 Å². The summed E-state index contributed by atoms with van der Waals surface area (Å²) in [5, 5.41) is 8.94. The summed E-state index contributed by atoms with van der Waals surface area (Å²) in [5.41, 5.74) is 1.15. The molecule has 4 rings (SSSR count). The van der Waals surface area contributed by atoms with Crippen molar-refractivity contribution < 1.29 is 17.6 Å². The van der Waals surface area contributed by atoms with Crippen molar-refractivity contribution in [1.29, 1.82) is 5.26 Å². The monoisotopic (exact) mass is 400 g/mol. The van der Waals surface area contributed by atoms with Gasteiger partial charge in [0.1, 0.15) is 28.4 Å². The fourth-order valence-electron chi connectivity index (χ4n) is 2.94. The van der Waals surface area contributed by atoms with Crippen LogP contribution in [0, 0.1) is 11.3 Å². The number of sulfonamides is 1. The second-order valence-corrected chi connectivity index (χ2v) is 9.22. The molecule has 1 aromatic carbocycles. The van der Waals surface area contributed by atoms with E-state index >= 15 is 0 Å². The van der Waals surface area contributed by atoms with Gasteiger partial charge in [-0.15, -0.1) is 11.3 Å². The number of hydrogen-bond acceptors (Lipinski definition) is 6. The van der Waals surface area contributed by atoms with Gasteiger partial charge in [-0.1, -0.05) is 6.92 Å². The molecular formula is C19H16N2O4S2. The van der Waals surface area contributed by atoms with E-state index in [4.69, 9.17) is 14.4 Å². The van der Waals surface area contributed by atoms with E-state index in [-0.39, 0.29) is 18.9 Å². The third kappa shape index (κ3) is 3.09. The number of fused-ring (bicyclic) bond motifs is 1. The molecule has 0 atom stereocenters. The Morgan fingerprint density at radius 2 is 2.07 bits per heavy atom. The number of ether oxygens (including phenoxy) is 1. The summed E-state index contributed by atoms with van der Waals surface area (Å²) < 4.78 is 39.2. The SMILES string of the molecule is CCc1ccc(S(=O)(=O)N2CCOc3ccc(-c4ccc(C#N)o4)cc32)s1. The van der Waals surface area contributed by atoms with Gasteiger partial charge in [0.05, 0.1) is 12.2 Å². The van der Waals surface area contributed by atoms with Gasteiger partial charge < -0.3 is 9.15 Å². The second kappa shape index (κ2) is 6.76. The smallest absolute Gasteiger partial charge is 0.274 e. The van der Waals surface area contributed by atoms with Crippen molar-refractivity contribution in [3.8, 4) is 23.1 Å². The number of aryl methyl sites for hydroxylation is 1. The lowest BCUT2D eigenvalue weighted by Gasteiger charge is -2.30. The van der Waals surface area contributed by atoms with Crippen LogP contribution in [0.25, 0.3) is 11.3 Å². The maximum Gasteiger partial charge on any atom is 0.274 e. The molecule has 0 radical (unpaired) electrons. The molecule has 0 unspecified atom stereocenters. The van der Waals surface area contributed by atoms with Crippen LogP contribution < -0.4 is 9.04 Å². The Bertz CT molecular complexity index is 1140. The number of thiophene rings is 1. The first kappa shape index (κ1) is 17.6. The van der Waals surface area contributed by atoms with Gasteiger partial charge in [0.2, 0.25) is 5.76 Å². The number of rotatable bonds is 4. The minimum absolute atomic E-state index is 0.203. The molecule has 0 N–H and O–H groups in total. The van der Waals surface area contributed by atoms with E-state index in [1.165, 1.54) is 15.6 Å². The molecule has 6 nitrogen and oxygen atoms in total. The Kier molecular flexibility index (Phi) is 4.42. The predicted octanol–water partition coefficient (Wildman–Crippen LogP) is 4.03. The zero-order valence-corrected chi connectivity index (χ0v) is 16.1. The van der Waals surface area contributed by atoms with Gasteiger partial charge >= 0.3 is 0 Å². The fraction of sp³-hybridized carbons (Fsp3) is 0.211. The van der Waals surface area contributed by atoms with Crippen LogP contribution in [0.4, 0.5) is 5.69 Å². The largest absolute Gasteiger partial charge is 0.489 e. The molecule has 8 heteroatoms. The van der Waals surface area contributed by atoms with Gasteiger partial charge in [0.15, 0.2) is 0 Å². The highest BCUT2D eigenvalue weighted by Gasteiger charge is 2.31. The molecule has 1 aliphatic rings. The van der Waals surface area contributed by atoms with Crippen LogP contribution in [0.15, 0.2) is 51.1 Å². The van der Waals surface area contributed by atoms with Crippen molar-refractivity contribution in [3.05, 3.63) is 53.1 Å². The van der Waals surface area contributed by atoms with E-state index in [0.717, 1.165) is 11.3 Å². The molecule has 0 aliphatic carbocycles. The standard InChI is InChI=1S/C19H16N2O4S2/c1-2-15-5-8-19(26-15)27(22,23)21-9-10-24-18-6-3-13(11-16(18)21)17-7-4-14(12-20)25-17/h3-8,11H,2,9-10H2,1H3. The average molecular weight is 400 g/mol. The van der Waals surface area contributed by atoms with Crippen molar-refractivity contribution in [1.82, 2.24) is 0 Å². The number of hydrogen-bond donors (Lipinski definition) is 0. The molecule has 3 heterocycles. The molecule has 0 bridgehead atoms. The molecular weight excluding hydrogens is 384 g/mol. The number of nitrogens with zero attached hydrogens (tertiary/aromatic N) is 2. The quantitative estimate of drug-likeness (QED) is 0.660. The first-order chi connectivity index (χ1) is 13.0. The van der Waals surface area contributed by atoms with Gasteiger partial charge in [-0.05, 0) is 48.9 Å². The maximum absolute atomic E-state index is 13.2. The highest BCUT2D eigenvalue weighted by Crippen LogP contribution is 2.39. The summed E-state index contributed by atoms with van der Waals surface area (Å²) in [6, 6.07) is 14.0. The summed E-state index contributed by atoms with van der Waals surface area (Å²) in [5.74, 6) is 1.21. The van der Waals surface area contributed by atoms with Crippen LogP contribution in [0.5, 0.6) is 5.75 Å². The highest BCUT2D eigenvalue weighted by molar-refractivity contribution is 7.94. The second-order valence-electron chi connectivity index (χ2n) is 5.96. The van der Waals surface area contributed by atoms with Crippen molar-refractivity contribution in [2.45, 2.75) is 17.6 Å². The lowest BCUT2D eigenvalue weighted by molar-refractivity contribution is 0.316. The van der Waals surface area contributed by atoms with Crippen molar-refractivity contribution in [2.24, 2.45) is 0 Å². The van der Waals surface area contributed by atoms with Gasteiger partial charge in [-0.25, -0.2) is 8.42 Å². The van der Waals surface area contributed by atoms with Crippen LogP contribution in [0.1, 0.15) is 17.6 Å². The van der Waals surface area contributed by atoms with Gasteiger partial charge in [-0.3, -0.25) is 4.31 Å². The molecule has 0 saturated carbocycles. The summed E-state index contributed by atoms with van der Waals surface area (Å²) >= 11 is 1.29. The molecule has 1 aliphatic heterocycles. The van der Waals surface area contributed by atoms with Crippen LogP contribution in [-0.4, -0.2) is 21.6 Å². The average Bonchev–Trinajstić information content (AvgIpc) is 3.36. The highest BCUT2D eigenvalue weighted by atomic mass is 32.2. The Balaban J connectivity index is 1.78. The number of benzene rings is 1. The van der Waals surface area contributed by atoms with E-state index < -0.39 is 10.0 Å². The summed E-state index contributed by atoms with van der Waals surface area (Å²) in [6.07, 6.45) is 0.795. The van der Waals surface area contributed by atoms with E-state index in [1.54, 1.807) is 36.4 Å². The zero-order valence-electron chi connectivity index (χ0n) is 14.5. The lowest BCUT2D eigenvalue weighted by Crippen LogP contribution is -2.37. The van der Waals surface area contributed by atoms with E-state index in [2.05, 4.69) is 0 Å². The maximum atomic E-state index is 13.2. The van der Waals surface area contributed by atoms with Crippen molar-refractivity contribution >= 4 is 27.0 Å². The third-order valence-electron chi connectivity index (χ3n) is 4.31. The Morgan fingerprint density at radius 1 is 1.22 bits per heavy atom. The summed E-state index contributed by atoms with van der Waals surface area (Å²) in [6.45, 7) is 2.52. The Labute approximate surface area is 161 Å². The molecule has 27 heavy (non-hydrogen) atoms. The minimum Gasteiger partial charge on any atom is -0.489 e. The Morgan fingerprint density at radius 3 is 2.78 bits per heavy atom. The van der Waals surface area contributed by atoms with Gasteiger partial charge in [-0.2, -0.15) is 5.26 Å². The first-order valence-electron chi connectivity index (χ1n) is 8.41. The Hall–Kier alpha value is -2.76. The van der Waals surface area contributed by atoms with E-state index in [1.807, 2.05) is 19.1 Å². The molecule has 0 amide bonds. The van der Waals surface area contributed by atoms with Gasteiger partial charge in [0, 0.05) is 10.4 Å². The molecule has 0 saturated heterocycles. The first-order valence-corrected chi connectivity index (χ1v) is 10.7. The van der Waals surface area contributed by atoms with Crippen molar-refractivity contribution in [3.63, 3.8) is 0 Å². The van der Waals surface area contributed by atoms with E-state index in [9.17, 15) is 8.42 Å². The van der Waals surface area contributed by atoms with Crippen LogP contribution in [0.2, 0.25) is 0 Å². The summed E-state index contributed by atoms with van der Waals surface area (Å²) in [7, 11) is -3.67. The third-order valence-corrected chi connectivity index (χ3v) is 7.82. The van der Waals surface area contributed by atoms with Crippen LogP contribution >= 0.6 is 11.3 Å². The molecule has 3 aromatic rings. The number of anilines is 1. The number of furan rings is 1. The molecule has 2 aromatic heterocycles. The van der Waals surface area contributed by atoms with Crippen LogP contribution in [0.3, 0.4) is 0 Å². The van der Waals surface area contributed by atoms with E-state index in [0.29, 0.717) is 27.0 Å². The summed E-state index contributed by atoms with van der Waals surface area (Å²) in [4.78, 5) is 1.02. The van der Waals surface area contributed by atoms with Crippen LogP contribution in [-0.2, 0) is 16.4 Å². The normalized spacial score (nSPS) is 13.7. The number of nitriles is 1.